The van der Waals surface area contributed by atoms with E-state index >= 15 is 0 Å². The van der Waals surface area contributed by atoms with Crippen molar-refractivity contribution in [1.82, 2.24) is 14.8 Å². The molecule has 3 aromatic rings. The molecule has 2 aliphatic rings. The summed E-state index contributed by atoms with van der Waals surface area (Å²) in [5, 5.41) is 8.02. The van der Waals surface area contributed by atoms with E-state index in [1.807, 2.05) is 6.07 Å². The van der Waals surface area contributed by atoms with Gasteiger partial charge in [0, 0.05) is 18.6 Å². The van der Waals surface area contributed by atoms with E-state index in [2.05, 4.69) is 15.4 Å². The Balaban J connectivity index is 1.52. The van der Waals surface area contributed by atoms with E-state index in [-0.39, 0.29) is 11.2 Å². The number of sulfone groups is 1. The Morgan fingerprint density at radius 1 is 1.25 bits per heavy atom. The first-order valence-electron chi connectivity index (χ1n) is 10.6. The van der Waals surface area contributed by atoms with Gasteiger partial charge in [0.25, 0.3) is 5.91 Å². The van der Waals surface area contributed by atoms with Crippen LogP contribution in [0.5, 0.6) is 0 Å². The molecule has 0 radical (unpaired) electrons. The minimum absolute atomic E-state index is 0.247. The Morgan fingerprint density at radius 3 is 2.72 bits per heavy atom. The molecule has 11 heteroatoms. The molecule has 170 valence electrons. The zero-order valence-electron chi connectivity index (χ0n) is 17.2. The molecule has 1 saturated heterocycles. The number of nitrogens with zero attached hydrogens (tertiary/aromatic N) is 3. The third-order valence-electron chi connectivity index (χ3n) is 6.07. The van der Waals surface area contributed by atoms with Crippen LogP contribution in [0.3, 0.4) is 0 Å². The van der Waals surface area contributed by atoms with Crippen molar-refractivity contribution in [1.29, 1.82) is 0 Å². The number of amides is 1. The first kappa shape index (κ1) is 21.8. The first-order chi connectivity index (χ1) is 15.4. The van der Waals surface area contributed by atoms with Crippen molar-refractivity contribution in [2.45, 2.75) is 48.3 Å². The monoisotopic (exact) mass is 494 g/mol. The van der Waals surface area contributed by atoms with Gasteiger partial charge in [0.15, 0.2) is 15.0 Å². The fourth-order valence-corrected chi connectivity index (χ4v) is 6.88. The maximum atomic E-state index is 13.3. The standard InChI is InChI=1S/C21H23ClN4O4S2/c22-19-12-23-21(31-19)25-20(27)17(10-13-6-8-30-9-7-13)26-16-2-1-3-18(15(16)11-24-26)32(28,29)14-4-5-14/h1-3,11-14,17H,4-10H2,(H,23,25,27). The van der Waals surface area contributed by atoms with Crippen molar-refractivity contribution in [3.05, 3.63) is 34.9 Å². The van der Waals surface area contributed by atoms with Gasteiger partial charge in [0.1, 0.15) is 10.4 Å². The molecule has 0 spiro atoms. The van der Waals surface area contributed by atoms with Gasteiger partial charge in [-0.3, -0.25) is 9.48 Å². The summed E-state index contributed by atoms with van der Waals surface area (Å²) in [6.45, 7) is 1.34. The third-order valence-corrected chi connectivity index (χ3v) is 9.42. The number of rotatable bonds is 7. The maximum absolute atomic E-state index is 13.3. The molecular formula is C21H23ClN4O4S2. The normalized spacial score (nSPS) is 18.7. The molecular weight excluding hydrogens is 472 g/mol. The molecule has 2 fully saturated rings. The second-order valence-corrected chi connectivity index (χ2v) is 12.1. The summed E-state index contributed by atoms with van der Waals surface area (Å²) >= 11 is 7.15. The van der Waals surface area contributed by atoms with Crippen LogP contribution in [0.25, 0.3) is 10.9 Å². The van der Waals surface area contributed by atoms with E-state index in [1.165, 1.54) is 17.5 Å². The van der Waals surface area contributed by atoms with Crippen LogP contribution in [0.4, 0.5) is 5.13 Å². The SMILES string of the molecule is O=C(Nc1ncc(Cl)s1)C(CC1CCOCC1)n1ncc2c(S(=O)(=O)C3CC3)cccc21. The van der Waals surface area contributed by atoms with Crippen molar-refractivity contribution in [2.75, 3.05) is 18.5 Å². The number of fused-ring (bicyclic) bond motifs is 1. The Hall–Kier alpha value is -2.01. The lowest BCUT2D eigenvalue weighted by Gasteiger charge is -2.26. The van der Waals surface area contributed by atoms with E-state index in [1.54, 1.807) is 23.0 Å². The average molecular weight is 495 g/mol. The molecule has 1 aliphatic heterocycles. The van der Waals surface area contributed by atoms with Crippen molar-refractivity contribution >= 4 is 54.7 Å². The number of hydrogen-bond donors (Lipinski definition) is 1. The van der Waals surface area contributed by atoms with Gasteiger partial charge >= 0.3 is 0 Å². The molecule has 1 aromatic carbocycles. The van der Waals surface area contributed by atoms with Crippen LogP contribution in [-0.2, 0) is 19.4 Å². The molecule has 8 nitrogen and oxygen atoms in total. The van der Waals surface area contributed by atoms with Gasteiger partial charge in [0.05, 0.1) is 28.1 Å². The topological polar surface area (TPSA) is 103 Å². The van der Waals surface area contributed by atoms with E-state index in [4.69, 9.17) is 16.3 Å². The number of thiazole rings is 1. The second kappa shape index (κ2) is 8.74. The highest BCUT2D eigenvalue weighted by atomic mass is 35.5. The fourth-order valence-electron chi connectivity index (χ4n) is 4.22. The summed E-state index contributed by atoms with van der Waals surface area (Å²) in [6, 6.07) is 4.56. The molecule has 32 heavy (non-hydrogen) atoms. The lowest BCUT2D eigenvalue weighted by Crippen LogP contribution is -2.30. The van der Waals surface area contributed by atoms with Crippen LogP contribution >= 0.6 is 22.9 Å². The van der Waals surface area contributed by atoms with E-state index in [9.17, 15) is 13.2 Å². The first-order valence-corrected chi connectivity index (χ1v) is 13.4. The van der Waals surface area contributed by atoms with Gasteiger partial charge in [-0.25, -0.2) is 13.4 Å². The predicted octanol–water partition coefficient (Wildman–Crippen LogP) is 4.08. The van der Waals surface area contributed by atoms with Crippen LogP contribution < -0.4 is 5.32 Å². The lowest BCUT2D eigenvalue weighted by molar-refractivity contribution is -0.120. The number of carbonyl (C=O) groups excluding carboxylic acids is 1. The highest BCUT2D eigenvalue weighted by Crippen LogP contribution is 2.37. The smallest absolute Gasteiger partial charge is 0.251 e. The summed E-state index contributed by atoms with van der Waals surface area (Å²) in [5.41, 5.74) is 0.635. The summed E-state index contributed by atoms with van der Waals surface area (Å²) in [7, 11) is -3.39. The molecule has 3 heterocycles. The van der Waals surface area contributed by atoms with Crippen molar-refractivity contribution in [3.8, 4) is 0 Å². The van der Waals surface area contributed by atoms with Crippen molar-refractivity contribution in [2.24, 2.45) is 5.92 Å². The molecule has 1 unspecified atom stereocenters. The van der Waals surface area contributed by atoms with Crippen LogP contribution in [0, 0.1) is 5.92 Å². The van der Waals surface area contributed by atoms with E-state index < -0.39 is 15.9 Å². The highest BCUT2D eigenvalue weighted by Gasteiger charge is 2.38. The molecule has 1 amide bonds. The molecule has 0 bridgehead atoms. The Kier molecular flexibility index (Phi) is 5.96. The van der Waals surface area contributed by atoms with Crippen LogP contribution in [0.1, 0.15) is 38.1 Å². The van der Waals surface area contributed by atoms with Gasteiger partial charge in [-0.05, 0) is 50.2 Å². The van der Waals surface area contributed by atoms with Crippen molar-refractivity contribution < 1.29 is 17.9 Å². The molecule has 1 atom stereocenters. The zero-order valence-corrected chi connectivity index (χ0v) is 19.6. The van der Waals surface area contributed by atoms with Gasteiger partial charge in [0.2, 0.25) is 0 Å². The highest BCUT2D eigenvalue weighted by molar-refractivity contribution is 7.92. The number of aromatic nitrogens is 3. The minimum Gasteiger partial charge on any atom is -0.381 e. The molecule has 1 saturated carbocycles. The fraction of sp³-hybridized carbons (Fsp3) is 0.476. The van der Waals surface area contributed by atoms with Crippen LogP contribution in [-0.4, -0.2) is 47.6 Å². The Morgan fingerprint density at radius 2 is 2.03 bits per heavy atom. The summed E-state index contributed by atoms with van der Waals surface area (Å²) in [5.74, 6) is 0.0555. The third kappa shape index (κ3) is 4.28. The maximum Gasteiger partial charge on any atom is 0.251 e. The van der Waals surface area contributed by atoms with Gasteiger partial charge in [-0.1, -0.05) is 29.0 Å². The van der Waals surface area contributed by atoms with Gasteiger partial charge in [-0.2, -0.15) is 5.10 Å². The van der Waals surface area contributed by atoms with E-state index in [0.717, 1.165) is 12.8 Å². The van der Waals surface area contributed by atoms with Crippen LogP contribution in [0.2, 0.25) is 4.34 Å². The van der Waals surface area contributed by atoms with Crippen LogP contribution in [0.15, 0.2) is 35.5 Å². The minimum atomic E-state index is -3.39. The number of benzene rings is 1. The summed E-state index contributed by atoms with van der Waals surface area (Å²) < 4.78 is 33.5. The molecule has 1 aliphatic carbocycles. The Labute approximate surface area is 194 Å². The second-order valence-electron chi connectivity index (χ2n) is 8.29. The summed E-state index contributed by atoms with van der Waals surface area (Å²) in [4.78, 5) is 17.8. The number of nitrogens with one attached hydrogen (secondary N) is 1. The molecule has 1 N–H and O–H groups in total. The largest absolute Gasteiger partial charge is 0.381 e. The number of ether oxygens (including phenoxy) is 1. The lowest BCUT2D eigenvalue weighted by atomic mass is 9.92. The van der Waals surface area contributed by atoms with E-state index in [0.29, 0.717) is 63.7 Å². The quantitative estimate of drug-likeness (QED) is 0.530. The van der Waals surface area contributed by atoms with Crippen molar-refractivity contribution in [3.63, 3.8) is 0 Å². The molecule has 2 aromatic heterocycles. The van der Waals surface area contributed by atoms with Gasteiger partial charge in [-0.15, -0.1) is 0 Å². The average Bonchev–Trinajstić information content (AvgIpc) is 3.46. The summed E-state index contributed by atoms with van der Waals surface area (Å²) in [6.07, 6.45) is 6.75. The number of hydrogen-bond acceptors (Lipinski definition) is 7. The van der Waals surface area contributed by atoms with Gasteiger partial charge < -0.3 is 10.1 Å². The number of halogens is 1. The number of anilines is 1. The number of carbonyl (C=O) groups is 1. The molecule has 5 rings (SSSR count). The predicted molar refractivity (Wildman–Crippen MR) is 123 cm³/mol. The zero-order chi connectivity index (χ0) is 22.3. The Bertz CT molecular complexity index is 1250.